The summed E-state index contributed by atoms with van der Waals surface area (Å²) >= 11 is 0. The molecule has 0 bridgehead atoms. The largest absolute Gasteiger partial charge is 0.417 e. The van der Waals surface area contributed by atoms with Gasteiger partial charge in [-0.25, -0.2) is 0 Å². The number of hydrogen-bond acceptors (Lipinski definition) is 3. The maximum atomic E-state index is 5.96. The summed E-state index contributed by atoms with van der Waals surface area (Å²) in [6, 6.07) is 2.68. The second-order valence-electron chi connectivity index (χ2n) is 4.40. The van der Waals surface area contributed by atoms with E-state index in [2.05, 4.69) is 11.9 Å². The molecule has 0 aliphatic carbocycles. The highest BCUT2D eigenvalue weighted by molar-refractivity contribution is 6.72. The van der Waals surface area contributed by atoms with Gasteiger partial charge in [-0.1, -0.05) is 6.42 Å². The van der Waals surface area contributed by atoms with Crippen LogP contribution in [0.4, 0.5) is 0 Å². The van der Waals surface area contributed by atoms with Crippen molar-refractivity contribution in [2.45, 2.75) is 37.9 Å². The maximum absolute atomic E-state index is 5.96. The number of rotatable bonds is 6. The fraction of sp³-hybridized carbons (Fsp3) is 1.00. The summed E-state index contributed by atoms with van der Waals surface area (Å²) in [5.41, 5.74) is 5.40. The van der Waals surface area contributed by atoms with Crippen molar-refractivity contribution in [2.24, 2.45) is 5.73 Å². The van der Waals surface area contributed by atoms with Gasteiger partial charge in [-0.05, 0) is 38.0 Å². The van der Waals surface area contributed by atoms with Gasteiger partial charge in [0.05, 0.1) is 0 Å². The van der Waals surface area contributed by atoms with Crippen molar-refractivity contribution in [2.75, 3.05) is 26.2 Å². The summed E-state index contributed by atoms with van der Waals surface area (Å²) in [5, 5.41) is 3.33. The number of nitrogens with two attached hydrogens (primary N) is 1. The minimum Gasteiger partial charge on any atom is -0.417 e. The van der Waals surface area contributed by atoms with Crippen LogP contribution in [0, 0.1) is 0 Å². The fourth-order valence-electron chi connectivity index (χ4n) is 2.00. The number of nitrogens with one attached hydrogen (secondary N) is 1. The zero-order chi connectivity index (χ0) is 10.3. The van der Waals surface area contributed by atoms with Crippen LogP contribution in [0.25, 0.3) is 0 Å². The zero-order valence-corrected chi connectivity index (χ0v) is 10.3. The normalized spacial score (nSPS) is 27.9. The Labute approximate surface area is 88.5 Å². The maximum Gasteiger partial charge on any atom is 0.189 e. The van der Waals surface area contributed by atoms with Crippen LogP contribution < -0.4 is 11.1 Å². The Bertz CT molecular complexity index is 149. The average Bonchev–Trinajstić information content (AvgIpc) is 2.18. The molecule has 1 saturated heterocycles. The van der Waals surface area contributed by atoms with Crippen LogP contribution in [0.2, 0.25) is 18.6 Å². The lowest BCUT2D eigenvalue weighted by Gasteiger charge is -2.31. The van der Waals surface area contributed by atoms with Crippen LogP contribution in [0.15, 0.2) is 0 Å². The highest BCUT2D eigenvalue weighted by Gasteiger charge is 2.30. The quantitative estimate of drug-likeness (QED) is 0.520. The molecular weight excluding hydrogens is 192 g/mol. The van der Waals surface area contributed by atoms with Gasteiger partial charge in [0.1, 0.15) is 0 Å². The van der Waals surface area contributed by atoms with E-state index in [1.165, 1.54) is 31.4 Å². The Morgan fingerprint density at radius 1 is 1.36 bits per heavy atom. The molecule has 0 aromatic rings. The molecule has 14 heavy (non-hydrogen) atoms. The van der Waals surface area contributed by atoms with E-state index in [0.717, 1.165) is 26.2 Å². The molecule has 1 aliphatic rings. The van der Waals surface area contributed by atoms with E-state index in [1.807, 2.05) is 0 Å². The topological polar surface area (TPSA) is 47.3 Å². The van der Waals surface area contributed by atoms with Gasteiger partial charge in [0.2, 0.25) is 0 Å². The summed E-state index contributed by atoms with van der Waals surface area (Å²) in [4.78, 5) is 0. The first-order chi connectivity index (χ1) is 6.77. The Kier molecular flexibility index (Phi) is 5.70. The van der Waals surface area contributed by atoms with E-state index in [0.29, 0.717) is 0 Å². The standard InChI is InChI=1S/C10H24N2OSi/c1-14(9-3-2-8-13-14)10-4-6-12-7-5-11/h12H,2-11H2,1H3. The molecule has 0 spiro atoms. The Balaban J connectivity index is 2.03. The summed E-state index contributed by atoms with van der Waals surface area (Å²) in [7, 11) is -1.27. The third kappa shape index (κ3) is 4.55. The Hall–Kier alpha value is 0.0969. The van der Waals surface area contributed by atoms with Crippen molar-refractivity contribution in [3.63, 3.8) is 0 Å². The molecule has 1 fully saturated rings. The highest BCUT2D eigenvalue weighted by Crippen LogP contribution is 2.26. The van der Waals surface area contributed by atoms with E-state index in [-0.39, 0.29) is 0 Å². The van der Waals surface area contributed by atoms with Gasteiger partial charge in [-0.2, -0.15) is 0 Å². The molecule has 0 radical (unpaired) electrons. The van der Waals surface area contributed by atoms with Crippen LogP contribution in [-0.2, 0) is 4.43 Å². The lowest BCUT2D eigenvalue weighted by Crippen LogP contribution is -2.38. The molecule has 1 heterocycles. The number of hydrogen-bond donors (Lipinski definition) is 2. The van der Waals surface area contributed by atoms with Crippen molar-refractivity contribution in [1.82, 2.24) is 5.32 Å². The molecular formula is C10H24N2OSi. The van der Waals surface area contributed by atoms with E-state index >= 15 is 0 Å². The second kappa shape index (κ2) is 6.56. The van der Waals surface area contributed by atoms with Crippen LogP contribution >= 0.6 is 0 Å². The van der Waals surface area contributed by atoms with Gasteiger partial charge in [-0.15, -0.1) is 0 Å². The van der Waals surface area contributed by atoms with Gasteiger partial charge < -0.3 is 15.5 Å². The predicted molar refractivity (Wildman–Crippen MR) is 63.0 cm³/mol. The lowest BCUT2D eigenvalue weighted by molar-refractivity contribution is 0.269. The van der Waals surface area contributed by atoms with Gasteiger partial charge in [-0.3, -0.25) is 0 Å². The summed E-state index contributed by atoms with van der Waals surface area (Å²) in [6.45, 7) is 6.18. The van der Waals surface area contributed by atoms with Crippen molar-refractivity contribution in [3.8, 4) is 0 Å². The smallest absolute Gasteiger partial charge is 0.189 e. The Morgan fingerprint density at radius 2 is 2.21 bits per heavy atom. The van der Waals surface area contributed by atoms with Crippen LogP contribution in [0.1, 0.15) is 19.3 Å². The fourth-order valence-corrected chi connectivity index (χ4v) is 5.10. The molecule has 3 N–H and O–H groups in total. The van der Waals surface area contributed by atoms with Gasteiger partial charge >= 0.3 is 0 Å². The van der Waals surface area contributed by atoms with Gasteiger partial charge in [0.15, 0.2) is 8.32 Å². The zero-order valence-electron chi connectivity index (χ0n) is 9.35. The first-order valence-corrected chi connectivity index (χ1v) is 8.64. The summed E-state index contributed by atoms with van der Waals surface area (Å²) in [6.07, 6.45) is 3.91. The Morgan fingerprint density at radius 3 is 2.86 bits per heavy atom. The summed E-state index contributed by atoms with van der Waals surface area (Å²) in [5.74, 6) is 0. The molecule has 1 unspecified atom stereocenters. The average molecular weight is 216 g/mol. The van der Waals surface area contributed by atoms with Crippen LogP contribution in [-0.4, -0.2) is 34.6 Å². The van der Waals surface area contributed by atoms with E-state index in [9.17, 15) is 0 Å². The van der Waals surface area contributed by atoms with Crippen molar-refractivity contribution >= 4 is 8.32 Å². The van der Waals surface area contributed by atoms with E-state index < -0.39 is 8.32 Å². The van der Waals surface area contributed by atoms with Crippen LogP contribution in [0.5, 0.6) is 0 Å². The molecule has 0 saturated carbocycles. The van der Waals surface area contributed by atoms with E-state index in [1.54, 1.807) is 0 Å². The molecule has 84 valence electrons. The van der Waals surface area contributed by atoms with E-state index in [4.69, 9.17) is 10.2 Å². The minimum absolute atomic E-state index is 0.741. The van der Waals surface area contributed by atoms with Crippen molar-refractivity contribution < 1.29 is 4.43 Å². The molecule has 1 atom stereocenters. The lowest BCUT2D eigenvalue weighted by atomic mass is 10.4. The highest BCUT2D eigenvalue weighted by atomic mass is 28.4. The molecule has 1 aliphatic heterocycles. The SMILES string of the molecule is C[Si]1(CCCNCCN)CCCCO1. The first kappa shape index (κ1) is 12.2. The predicted octanol–water partition coefficient (Wildman–Crippen LogP) is 1.31. The second-order valence-corrected chi connectivity index (χ2v) is 8.59. The summed E-state index contributed by atoms with van der Waals surface area (Å²) < 4.78 is 5.96. The molecule has 4 heteroatoms. The molecule has 0 amide bonds. The molecule has 1 rings (SSSR count). The monoisotopic (exact) mass is 216 g/mol. The van der Waals surface area contributed by atoms with Crippen molar-refractivity contribution in [1.29, 1.82) is 0 Å². The first-order valence-electron chi connectivity index (χ1n) is 5.82. The molecule has 0 aromatic heterocycles. The van der Waals surface area contributed by atoms with Crippen LogP contribution in [0.3, 0.4) is 0 Å². The molecule has 3 nitrogen and oxygen atoms in total. The van der Waals surface area contributed by atoms with Crippen molar-refractivity contribution in [3.05, 3.63) is 0 Å². The molecule has 0 aromatic carbocycles. The van der Waals surface area contributed by atoms with Gasteiger partial charge in [0, 0.05) is 19.7 Å². The third-order valence-electron chi connectivity index (χ3n) is 2.93. The third-order valence-corrected chi connectivity index (χ3v) is 6.65. The minimum atomic E-state index is -1.27. The van der Waals surface area contributed by atoms with Gasteiger partial charge in [0.25, 0.3) is 0 Å².